The van der Waals surface area contributed by atoms with Gasteiger partial charge in [0.15, 0.2) is 0 Å². The van der Waals surface area contributed by atoms with Crippen LogP contribution in [0.1, 0.15) is 30.0 Å². The van der Waals surface area contributed by atoms with Gasteiger partial charge in [-0.05, 0) is 42.0 Å². The second-order valence-corrected chi connectivity index (χ2v) is 6.80. The molecule has 0 heterocycles. The number of rotatable bonds is 5. The third kappa shape index (κ3) is 3.61. The molecule has 2 aliphatic carbocycles. The molecule has 0 bridgehead atoms. The van der Waals surface area contributed by atoms with Crippen LogP contribution in [-0.2, 0) is 6.42 Å². The van der Waals surface area contributed by atoms with Crippen LogP contribution in [0, 0.1) is 5.92 Å². The Kier molecular flexibility index (Phi) is 4.32. The first-order valence-electron chi connectivity index (χ1n) is 8.76. The van der Waals surface area contributed by atoms with Gasteiger partial charge in [0.1, 0.15) is 5.75 Å². The monoisotopic (exact) mass is 338 g/mol. The van der Waals surface area contributed by atoms with Crippen molar-refractivity contribution in [3.63, 3.8) is 0 Å². The lowest BCUT2D eigenvalue weighted by Crippen LogP contribution is -2.36. The number of para-hydroxylation sites is 2. The molecular weight excluding hydrogens is 316 g/mol. The van der Waals surface area contributed by atoms with Crippen LogP contribution in [-0.4, -0.2) is 23.8 Å². The van der Waals surface area contributed by atoms with Gasteiger partial charge in [0.05, 0.1) is 24.4 Å². The molecule has 2 aromatic carbocycles. The van der Waals surface area contributed by atoms with E-state index in [1.165, 1.54) is 12.8 Å². The van der Waals surface area contributed by atoms with E-state index in [-0.39, 0.29) is 6.03 Å². The Balaban J connectivity index is 1.42. The van der Waals surface area contributed by atoms with Gasteiger partial charge in [0.2, 0.25) is 0 Å². The molecule has 130 valence electrons. The fourth-order valence-corrected chi connectivity index (χ4v) is 3.24. The molecule has 2 amide bonds. The van der Waals surface area contributed by atoms with Gasteiger partial charge >= 0.3 is 6.03 Å². The highest BCUT2D eigenvalue weighted by molar-refractivity contribution is 5.91. The maximum Gasteiger partial charge on any atom is 0.319 e. The van der Waals surface area contributed by atoms with Crippen molar-refractivity contribution in [1.29, 1.82) is 0 Å². The number of urea groups is 1. The zero-order valence-electron chi connectivity index (χ0n) is 13.9. The molecule has 4 rings (SSSR count). The summed E-state index contributed by atoms with van der Waals surface area (Å²) in [6.45, 7) is 0.690. The average molecular weight is 338 g/mol. The Morgan fingerprint density at radius 2 is 1.88 bits per heavy atom. The number of aliphatic hydroxyl groups is 1. The topological polar surface area (TPSA) is 70.6 Å². The minimum absolute atomic E-state index is 0.344. The van der Waals surface area contributed by atoms with Crippen molar-refractivity contribution in [3.8, 4) is 5.75 Å². The van der Waals surface area contributed by atoms with Gasteiger partial charge < -0.3 is 20.5 Å². The van der Waals surface area contributed by atoms with Gasteiger partial charge in [-0.15, -0.1) is 0 Å². The highest BCUT2D eigenvalue weighted by Gasteiger charge is 2.32. The van der Waals surface area contributed by atoms with Crippen LogP contribution in [0.3, 0.4) is 0 Å². The molecule has 0 radical (unpaired) electrons. The summed E-state index contributed by atoms with van der Waals surface area (Å²) in [4.78, 5) is 12.4. The first-order valence-corrected chi connectivity index (χ1v) is 8.76. The third-order valence-corrected chi connectivity index (χ3v) is 4.80. The van der Waals surface area contributed by atoms with Crippen LogP contribution in [0.4, 0.5) is 10.5 Å². The lowest BCUT2D eigenvalue weighted by molar-refractivity contribution is 0.144. The highest BCUT2D eigenvalue weighted by Crippen LogP contribution is 2.33. The number of hydrogen-bond acceptors (Lipinski definition) is 3. The van der Waals surface area contributed by atoms with E-state index < -0.39 is 12.1 Å². The summed E-state index contributed by atoms with van der Waals surface area (Å²) in [5.41, 5.74) is 2.69. The van der Waals surface area contributed by atoms with Gasteiger partial charge in [-0.25, -0.2) is 4.79 Å². The number of anilines is 1. The van der Waals surface area contributed by atoms with E-state index in [1.54, 1.807) is 0 Å². The van der Waals surface area contributed by atoms with E-state index in [9.17, 15) is 9.90 Å². The summed E-state index contributed by atoms with van der Waals surface area (Å²) >= 11 is 0. The van der Waals surface area contributed by atoms with E-state index in [2.05, 4.69) is 10.6 Å². The van der Waals surface area contributed by atoms with Crippen molar-refractivity contribution >= 4 is 11.7 Å². The maximum absolute atomic E-state index is 12.4. The molecule has 0 unspecified atom stereocenters. The average Bonchev–Trinajstić information content (AvgIpc) is 3.39. The molecular formula is C20H22N2O3. The molecule has 25 heavy (non-hydrogen) atoms. The predicted octanol–water partition coefficient (Wildman–Crippen LogP) is 3.26. The lowest BCUT2D eigenvalue weighted by atomic mass is 10.1. The number of fused-ring (bicyclic) bond motifs is 1. The summed E-state index contributed by atoms with van der Waals surface area (Å²) in [5, 5.41) is 16.0. The lowest BCUT2D eigenvalue weighted by Gasteiger charge is -2.19. The summed E-state index contributed by atoms with van der Waals surface area (Å²) in [6, 6.07) is 14.5. The molecule has 2 aromatic rings. The zero-order valence-corrected chi connectivity index (χ0v) is 13.9. The number of hydrogen-bond donors (Lipinski definition) is 3. The second-order valence-electron chi connectivity index (χ2n) is 6.80. The third-order valence-electron chi connectivity index (χ3n) is 4.80. The highest BCUT2D eigenvalue weighted by atomic mass is 16.5. The summed E-state index contributed by atoms with van der Waals surface area (Å²) in [7, 11) is 0. The van der Waals surface area contributed by atoms with Gasteiger partial charge in [-0.1, -0.05) is 36.4 Å². The molecule has 1 saturated carbocycles. The normalized spacial score (nSPS) is 21.5. The fourth-order valence-electron chi connectivity index (χ4n) is 3.24. The van der Waals surface area contributed by atoms with E-state index in [0.29, 0.717) is 30.4 Å². The van der Waals surface area contributed by atoms with Crippen LogP contribution in [0.15, 0.2) is 48.5 Å². The molecule has 1 fully saturated rings. The summed E-state index contributed by atoms with van der Waals surface area (Å²) in [5.74, 6) is 1.32. The molecule has 0 saturated heterocycles. The molecule has 0 aliphatic heterocycles. The van der Waals surface area contributed by atoms with Crippen LogP contribution >= 0.6 is 0 Å². The Labute approximate surface area is 147 Å². The Morgan fingerprint density at radius 3 is 2.72 bits per heavy atom. The standard InChI is InChI=1S/C20H22N2O3/c23-17-11-14-5-1-2-6-15(14)19(17)22-20(24)21-16-7-3-4-8-18(16)25-12-13-9-10-13/h1-8,13,17,19,23H,9-12H2,(H2,21,22,24)/t17-,19+/m1/s1. The second kappa shape index (κ2) is 6.76. The Hall–Kier alpha value is -2.53. The van der Waals surface area contributed by atoms with Gasteiger partial charge in [-0.2, -0.15) is 0 Å². The van der Waals surface area contributed by atoms with Gasteiger partial charge in [0, 0.05) is 6.42 Å². The number of aliphatic hydroxyl groups excluding tert-OH is 1. The van der Waals surface area contributed by atoms with Crippen LogP contribution in [0.2, 0.25) is 0 Å². The fraction of sp³-hybridized carbons (Fsp3) is 0.350. The van der Waals surface area contributed by atoms with Crippen LogP contribution < -0.4 is 15.4 Å². The first-order chi connectivity index (χ1) is 12.2. The van der Waals surface area contributed by atoms with E-state index in [1.807, 2.05) is 48.5 Å². The van der Waals surface area contributed by atoms with E-state index in [4.69, 9.17) is 4.74 Å². The number of carbonyl (C=O) groups is 1. The number of amides is 2. The predicted molar refractivity (Wildman–Crippen MR) is 95.7 cm³/mol. The Morgan fingerprint density at radius 1 is 1.12 bits per heavy atom. The molecule has 0 aromatic heterocycles. The van der Waals surface area contributed by atoms with Gasteiger partial charge in [-0.3, -0.25) is 0 Å². The summed E-state index contributed by atoms with van der Waals surface area (Å²) in [6.07, 6.45) is 2.39. The molecule has 0 spiro atoms. The maximum atomic E-state index is 12.4. The minimum Gasteiger partial charge on any atom is -0.491 e. The molecule has 3 N–H and O–H groups in total. The van der Waals surface area contributed by atoms with Crippen molar-refractivity contribution in [2.24, 2.45) is 5.92 Å². The quantitative estimate of drug-likeness (QED) is 0.784. The smallest absolute Gasteiger partial charge is 0.319 e. The van der Waals surface area contributed by atoms with Crippen LogP contribution in [0.5, 0.6) is 5.75 Å². The van der Waals surface area contributed by atoms with Crippen molar-refractivity contribution < 1.29 is 14.6 Å². The number of carbonyl (C=O) groups excluding carboxylic acids is 1. The van der Waals surface area contributed by atoms with Crippen molar-refractivity contribution in [3.05, 3.63) is 59.7 Å². The number of ether oxygens (including phenoxy) is 1. The Bertz CT molecular complexity index is 773. The molecule has 5 nitrogen and oxygen atoms in total. The number of benzene rings is 2. The summed E-state index contributed by atoms with van der Waals surface area (Å²) < 4.78 is 5.82. The van der Waals surface area contributed by atoms with Crippen molar-refractivity contribution in [2.75, 3.05) is 11.9 Å². The number of nitrogens with one attached hydrogen (secondary N) is 2. The zero-order chi connectivity index (χ0) is 17.2. The molecule has 5 heteroatoms. The van der Waals surface area contributed by atoms with Gasteiger partial charge in [0.25, 0.3) is 0 Å². The minimum atomic E-state index is -0.607. The van der Waals surface area contributed by atoms with E-state index >= 15 is 0 Å². The van der Waals surface area contributed by atoms with Crippen LogP contribution in [0.25, 0.3) is 0 Å². The van der Waals surface area contributed by atoms with Crippen molar-refractivity contribution in [2.45, 2.75) is 31.4 Å². The SMILES string of the molecule is O=C(Nc1ccccc1OCC1CC1)N[C@H]1c2ccccc2C[C@H]1O. The largest absolute Gasteiger partial charge is 0.491 e. The molecule has 2 atom stereocenters. The first kappa shape index (κ1) is 16.0. The van der Waals surface area contributed by atoms with Crippen molar-refractivity contribution in [1.82, 2.24) is 5.32 Å². The van der Waals surface area contributed by atoms with E-state index in [0.717, 1.165) is 11.1 Å². The molecule has 2 aliphatic rings.